The van der Waals surface area contributed by atoms with Gasteiger partial charge < -0.3 is 4.90 Å². The first-order valence-electron chi connectivity index (χ1n) is 9.04. The zero-order valence-electron chi connectivity index (χ0n) is 15.5. The molecule has 0 spiro atoms. The summed E-state index contributed by atoms with van der Waals surface area (Å²) in [4.78, 5) is 20.2. The number of aromatic nitrogens is 3. The molecule has 27 heavy (non-hydrogen) atoms. The van der Waals surface area contributed by atoms with Gasteiger partial charge in [-0.1, -0.05) is 30.0 Å². The summed E-state index contributed by atoms with van der Waals surface area (Å²) in [5.74, 6) is 1.95. The molecule has 1 saturated carbocycles. The number of para-hydroxylation sites is 1. The van der Waals surface area contributed by atoms with E-state index >= 15 is 0 Å². The Bertz CT molecular complexity index is 931. The summed E-state index contributed by atoms with van der Waals surface area (Å²) in [7, 11) is 1.85. The molecule has 1 aliphatic carbocycles. The molecule has 1 aromatic carbocycles. The quantitative estimate of drug-likeness (QED) is 0.558. The summed E-state index contributed by atoms with van der Waals surface area (Å²) >= 11 is 3.11. The molecule has 5 nitrogen and oxygen atoms in total. The lowest BCUT2D eigenvalue weighted by molar-refractivity contribution is -0.127. The molecule has 7 heteroatoms. The maximum atomic E-state index is 12.5. The molecule has 0 radical (unpaired) electrons. The third-order valence-electron chi connectivity index (χ3n) is 4.66. The molecule has 0 bridgehead atoms. The second-order valence-electron chi connectivity index (χ2n) is 6.84. The normalized spacial score (nSPS) is 13.7. The lowest BCUT2D eigenvalue weighted by atomic mass is 10.3. The van der Waals surface area contributed by atoms with E-state index in [4.69, 9.17) is 4.98 Å². The second-order valence-corrected chi connectivity index (χ2v) is 8.78. The van der Waals surface area contributed by atoms with Crippen LogP contribution in [-0.2, 0) is 11.3 Å². The van der Waals surface area contributed by atoms with Crippen LogP contribution >= 0.6 is 23.1 Å². The Morgan fingerprint density at radius 3 is 2.74 bits per heavy atom. The van der Waals surface area contributed by atoms with Gasteiger partial charge in [-0.25, -0.2) is 9.67 Å². The van der Waals surface area contributed by atoms with Crippen LogP contribution in [0.4, 0.5) is 0 Å². The van der Waals surface area contributed by atoms with Crippen LogP contribution in [-0.4, -0.2) is 38.4 Å². The minimum absolute atomic E-state index is 0.0943. The molecule has 4 rings (SSSR count). The molecular formula is C20H22N4OS2. The van der Waals surface area contributed by atoms with Gasteiger partial charge in [0.2, 0.25) is 11.1 Å². The van der Waals surface area contributed by atoms with Crippen molar-refractivity contribution in [2.45, 2.75) is 37.4 Å². The molecule has 1 amide bonds. The third-order valence-corrected chi connectivity index (χ3v) is 6.49. The van der Waals surface area contributed by atoms with Crippen molar-refractivity contribution >= 4 is 29.0 Å². The highest BCUT2D eigenvalue weighted by molar-refractivity contribution is 7.99. The van der Waals surface area contributed by atoms with E-state index in [2.05, 4.69) is 23.5 Å². The molecule has 2 heterocycles. The topological polar surface area (TPSA) is 51.0 Å². The van der Waals surface area contributed by atoms with Gasteiger partial charge in [0.15, 0.2) is 0 Å². The standard InChI is InChI=1S/C20H22N4OS2/c1-14-10-11-26-17(14)12-23(2)18(25)13-27-20-21-19(15-8-9-15)24(22-20)16-6-4-3-5-7-16/h3-7,10-11,15H,8-9,12-13H2,1-2H3. The molecule has 0 aliphatic heterocycles. The van der Waals surface area contributed by atoms with Gasteiger partial charge in [-0.3, -0.25) is 4.79 Å². The van der Waals surface area contributed by atoms with Gasteiger partial charge in [-0.05, 0) is 48.9 Å². The average Bonchev–Trinajstić information content (AvgIpc) is 3.32. The highest BCUT2D eigenvalue weighted by Gasteiger charge is 2.30. The second kappa shape index (κ2) is 7.86. The van der Waals surface area contributed by atoms with Gasteiger partial charge in [-0.15, -0.1) is 16.4 Å². The van der Waals surface area contributed by atoms with Gasteiger partial charge >= 0.3 is 0 Å². The molecule has 0 N–H and O–H groups in total. The summed E-state index contributed by atoms with van der Waals surface area (Å²) in [5, 5.41) is 7.41. The Kier molecular flexibility index (Phi) is 5.31. The van der Waals surface area contributed by atoms with Crippen LogP contribution in [0.25, 0.3) is 5.69 Å². The van der Waals surface area contributed by atoms with E-state index in [0.29, 0.717) is 23.4 Å². The maximum absolute atomic E-state index is 12.5. The number of carbonyl (C=O) groups is 1. The SMILES string of the molecule is Cc1ccsc1CN(C)C(=O)CSc1nc(C2CC2)n(-c2ccccc2)n1. The summed E-state index contributed by atoms with van der Waals surface area (Å²) in [5.41, 5.74) is 2.26. The van der Waals surface area contributed by atoms with Gasteiger partial charge in [-0.2, -0.15) is 0 Å². The Morgan fingerprint density at radius 1 is 1.30 bits per heavy atom. The number of hydrogen-bond acceptors (Lipinski definition) is 5. The van der Waals surface area contributed by atoms with Gasteiger partial charge in [0, 0.05) is 17.8 Å². The highest BCUT2D eigenvalue weighted by atomic mass is 32.2. The summed E-state index contributed by atoms with van der Waals surface area (Å²) < 4.78 is 1.93. The maximum Gasteiger partial charge on any atom is 0.233 e. The van der Waals surface area contributed by atoms with Crippen LogP contribution in [0, 0.1) is 6.92 Å². The van der Waals surface area contributed by atoms with Crippen molar-refractivity contribution in [3.05, 3.63) is 58.0 Å². The fourth-order valence-electron chi connectivity index (χ4n) is 2.84. The lowest BCUT2D eigenvalue weighted by Gasteiger charge is -2.16. The molecule has 1 aliphatic rings. The van der Waals surface area contributed by atoms with Crippen LogP contribution in [0.2, 0.25) is 0 Å². The first-order valence-corrected chi connectivity index (χ1v) is 10.9. The molecular weight excluding hydrogens is 376 g/mol. The zero-order chi connectivity index (χ0) is 18.8. The predicted octanol–water partition coefficient (Wildman–Crippen LogP) is 4.27. The highest BCUT2D eigenvalue weighted by Crippen LogP contribution is 2.40. The Morgan fingerprint density at radius 2 is 2.07 bits per heavy atom. The number of carbonyl (C=O) groups excluding carboxylic acids is 1. The van der Waals surface area contributed by atoms with Crippen molar-refractivity contribution in [1.82, 2.24) is 19.7 Å². The first kappa shape index (κ1) is 18.3. The predicted molar refractivity (Wildman–Crippen MR) is 110 cm³/mol. The molecule has 2 aromatic heterocycles. The van der Waals surface area contributed by atoms with Crippen molar-refractivity contribution in [2.24, 2.45) is 0 Å². The van der Waals surface area contributed by atoms with E-state index in [1.54, 1.807) is 16.2 Å². The fourth-order valence-corrected chi connectivity index (χ4v) is 4.57. The number of aryl methyl sites for hydroxylation is 1. The molecule has 0 unspecified atom stereocenters. The third kappa shape index (κ3) is 4.25. The van der Waals surface area contributed by atoms with Crippen LogP contribution in [0.3, 0.4) is 0 Å². The van der Waals surface area contributed by atoms with Crippen molar-refractivity contribution in [3.8, 4) is 5.69 Å². The number of rotatable bonds is 7. The lowest BCUT2D eigenvalue weighted by Crippen LogP contribution is -2.27. The van der Waals surface area contributed by atoms with Gasteiger partial charge in [0.1, 0.15) is 5.82 Å². The van der Waals surface area contributed by atoms with E-state index in [-0.39, 0.29) is 5.91 Å². The Hall–Kier alpha value is -2.12. The zero-order valence-corrected chi connectivity index (χ0v) is 17.1. The minimum atomic E-state index is 0.0943. The van der Waals surface area contributed by atoms with Crippen molar-refractivity contribution in [2.75, 3.05) is 12.8 Å². The number of thioether (sulfide) groups is 1. The smallest absolute Gasteiger partial charge is 0.233 e. The molecule has 3 aromatic rings. The monoisotopic (exact) mass is 398 g/mol. The number of amides is 1. The van der Waals surface area contributed by atoms with Crippen LogP contribution in [0.5, 0.6) is 0 Å². The van der Waals surface area contributed by atoms with E-state index in [1.165, 1.54) is 22.2 Å². The number of thiophene rings is 1. The van der Waals surface area contributed by atoms with Crippen molar-refractivity contribution < 1.29 is 4.79 Å². The number of benzene rings is 1. The van der Waals surface area contributed by atoms with E-state index < -0.39 is 0 Å². The van der Waals surface area contributed by atoms with Crippen molar-refractivity contribution in [3.63, 3.8) is 0 Å². The number of hydrogen-bond donors (Lipinski definition) is 0. The molecule has 1 fully saturated rings. The van der Waals surface area contributed by atoms with Crippen LogP contribution in [0.15, 0.2) is 46.9 Å². The van der Waals surface area contributed by atoms with Crippen molar-refractivity contribution in [1.29, 1.82) is 0 Å². The molecule has 0 saturated heterocycles. The Labute approximate surface area is 167 Å². The summed E-state index contributed by atoms with van der Waals surface area (Å²) in [6.45, 7) is 2.74. The van der Waals surface area contributed by atoms with Gasteiger partial charge in [0.05, 0.1) is 18.0 Å². The first-order chi connectivity index (χ1) is 13.1. The van der Waals surface area contributed by atoms with Crippen LogP contribution in [0.1, 0.15) is 35.0 Å². The fraction of sp³-hybridized carbons (Fsp3) is 0.350. The van der Waals surface area contributed by atoms with Gasteiger partial charge in [0.25, 0.3) is 0 Å². The van der Waals surface area contributed by atoms with Crippen LogP contribution < -0.4 is 0 Å². The van der Waals surface area contributed by atoms with E-state index in [9.17, 15) is 4.79 Å². The summed E-state index contributed by atoms with van der Waals surface area (Å²) in [6, 6.07) is 12.2. The molecule has 0 atom stereocenters. The van der Waals surface area contributed by atoms with E-state index in [0.717, 1.165) is 24.4 Å². The average molecular weight is 399 g/mol. The van der Waals surface area contributed by atoms with E-state index in [1.807, 2.05) is 42.1 Å². The summed E-state index contributed by atoms with van der Waals surface area (Å²) in [6.07, 6.45) is 2.33. The minimum Gasteiger partial charge on any atom is -0.340 e. The largest absolute Gasteiger partial charge is 0.340 e. The Balaban J connectivity index is 1.42. The molecule has 140 valence electrons. The number of nitrogens with zero attached hydrogens (tertiary/aromatic N) is 4.